The summed E-state index contributed by atoms with van der Waals surface area (Å²) >= 11 is 5.70. The lowest BCUT2D eigenvalue weighted by Gasteiger charge is -2.10. The second-order valence-electron chi connectivity index (χ2n) is 7.20. The minimum absolute atomic E-state index is 0.234. The molecule has 2 aromatic carbocycles. The van der Waals surface area contributed by atoms with Crippen molar-refractivity contribution in [3.8, 4) is 11.3 Å². The molecule has 0 bridgehead atoms. The maximum absolute atomic E-state index is 13.2. The summed E-state index contributed by atoms with van der Waals surface area (Å²) in [4.78, 5) is 13.0. The number of alkyl halides is 3. The van der Waals surface area contributed by atoms with E-state index in [1.54, 1.807) is 30.3 Å². The third-order valence-corrected chi connectivity index (χ3v) is 5.24. The van der Waals surface area contributed by atoms with Crippen molar-refractivity contribution in [1.82, 2.24) is 0 Å². The number of carbonyl (C=O) groups is 1. The van der Waals surface area contributed by atoms with Crippen LogP contribution in [0.25, 0.3) is 17.4 Å². The number of para-hydroxylation sites is 1. The molecule has 0 saturated carbocycles. The summed E-state index contributed by atoms with van der Waals surface area (Å²) < 4.78 is 45.3. The highest BCUT2D eigenvalue weighted by molar-refractivity contribution is 6.32. The van der Waals surface area contributed by atoms with Crippen molar-refractivity contribution in [3.63, 3.8) is 0 Å². The quantitative estimate of drug-likeness (QED) is 0.379. The molecular formula is C24H18ClF3N2O2. The number of hydrogen-bond acceptors (Lipinski definition) is 3. The lowest BCUT2D eigenvalue weighted by atomic mass is 10.1. The van der Waals surface area contributed by atoms with Gasteiger partial charge in [-0.25, -0.2) is 0 Å². The molecule has 1 aliphatic heterocycles. The molecule has 164 valence electrons. The van der Waals surface area contributed by atoms with Gasteiger partial charge in [-0.3, -0.25) is 4.79 Å². The molecule has 1 amide bonds. The van der Waals surface area contributed by atoms with Gasteiger partial charge in [-0.1, -0.05) is 43.1 Å². The zero-order valence-electron chi connectivity index (χ0n) is 17.0. The molecular weight excluding hydrogens is 441 g/mol. The van der Waals surface area contributed by atoms with Gasteiger partial charge in [-0.05, 0) is 55.0 Å². The average Bonchev–Trinajstić information content (AvgIpc) is 3.35. The van der Waals surface area contributed by atoms with Crippen molar-refractivity contribution in [2.24, 2.45) is 5.10 Å². The lowest BCUT2D eigenvalue weighted by molar-refractivity contribution is -0.137. The molecule has 2 heterocycles. The van der Waals surface area contributed by atoms with Crippen LogP contribution in [0.5, 0.6) is 0 Å². The first-order valence-electron chi connectivity index (χ1n) is 9.94. The predicted octanol–water partition coefficient (Wildman–Crippen LogP) is 7.21. The molecule has 4 nitrogen and oxygen atoms in total. The van der Waals surface area contributed by atoms with E-state index in [4.69, 9.17) is 16.0 Å². The van der Waals surface area contributed by atoms with Crippen LogP contribution in [-0.4, -0.2) is 11.6 Å². The van der Waals surface area contributed by atoms with E-state index in [2.05, 4.69) is 5.10 Å². The van der Waals surface area contributed by atoms with E-state index in [0.29, 0.717) is 29.2 Å². The third-order valence-electron chi connectivity index (χ3n) is 4.91. The van der Waals surface area contributed by atoms with Gasteiger partial charge in [-0.15, -0.1) is 0 Å². The van der Waals surface area contributed by atoms with Crippen molar-refractivity contribution in [2.75, 3.05) is 5.01 Å². The Labute approximate surface area is 187 Å². The van der Waals surface area contributed by atoms with Gasteiger partial charge < -0.3 is 4.42 Å². The number of halogens is 4. The molecule has 0 saturated heterocycles. The Morgan fingerprint density at radius 1 is 1.09 bits per heavy atom. The summed E-state index contributed by atoms with van der Waals surface area (Å²) in [6.07, 6.45) is -1.61. The highest BCUT2D eigenvalue weighted by Gasteiger charge is 2.34. The number of carbonyl (C=O) groups excluding carboxylic acids is 1. The summed E-state index contributed by atoms with van der Waals surface area (Å²) in [5.41, 5.74) is 0.969. The van der Waals surface area contributed by atoms with Crippen LogP contribution in [0.2, 0.25) is 5.02 Å². The van der Waals surface area contributed by atoms with Gasteiger partial charge in [0.25, 0.3) is 5.91 Å². The van der Waals surface area contributed by atoms with Crippen molar-refractivity contribution in [1.29, 1.82) is 0 Å². The molecule has 1 aromatic heterocycles. The number of furan rings is 1. The maximum Gasteiger partial charge on any atom is 0.417 e. The summed E-state index contributed by atoms with van der Waals surface area (Å²) in [6, 6.07) is 15.8. The number of rotatable bonds is 5. The van der Waals surface area contributed by atoms with Gasteiger partial charge in [-0.2, -0.15) is 23.3 Å². The largest absolute Gasteiger partial charge is 0.457 e. The summed E-state index contributed by atoms with van der Waals surface area (Å²) in [5, 5.41) is 5.43. The number of amides is 1. The van der Waals surface area contributed by atoms with Crippen molar-refractivity contribution < 1.29 is 22.4 Å². The van der Waals surface area contributed by atoms with E-state index < -0.39 is 11.7 Å². The topological polar surface area (TPSA) is 45.8 Å². The van der Waals surface area contributed by atoms with Crippen LogP contribution >= 0.6 is 11.6 Å². The van der Waals surface area contributed by atoms with Gasteiger partial charge in [0.05, 0.1) is 27.6 Å². The average molecular weight is 459 g/mol. The second-order valence-corrected chi connectivity index (χ2v) is 7.61. The van der Waals surface area contributed by atoms with Gasteiger partial charge in [0.2, 0.25) is 0 Å². The van der Waals surface area contributed by atoms with Crippen LogP contribution in [0.3, 0.4) is 0 Å². The third kappa shape index (κ3) is 4.34. The number of hydrazone groups is 1. The Balaban J connectivity index is 1.67. The van der Waals surface area contributed by atoms with E-state index in [1.165, 1.54) is 17.1 Å². The van der Waals surface area contributed by atoms with Gasteiger partial charge in [0.1, 0.15) is 11.5 Å². The highest BCUT2D eigenvalue weighted by atomic mass is 35.5. The monoisotopic (exact) mass is 458 g/mol. The van der Waals surface area contributed by atoms with Crippen molar-refractivity contribution >= 4 is 35.0 Å². The molecule has 3 aromatic rings. The molecule has 32 heavy (non-hydrogen) atoms. The van der Waals surface area contributed by atoms with Crippen LogP contribution in [0.1, 0.15) is 31.1 Å². The Morgan fingerprint density at radius 2 is 1.84 bits per heavy atom. The maximum atomic E-state index is 13.2. The van der Waals surface area contributed by atoms with Crippen molar-refractivity contribution in [3.05, 3.63) is 82.6 Å². The lowest BCUT2D eigenvalue weighted by Crippen LogP contribution is -2.21. The fraction of sp³-hybridized carbons (Fsp3) is 0.167. The smallest absolute Gasteiger partial charge is 0.417 e. The van der Waals surface area contributed by atoms with E-state index >= 15 is 0 Å². The Kier molecular flexibility index (Phi) is 5.93. The van der Waals surface area contributed by atoms with Gasteiger partial charge in [0, 0.05) is 5.56 Å². The van der Waals surface area contributed by atoms with Gasteiger partial charge in [0.15, 0.2) is 0 Å². The standard InChI is InChI=1S/C24H18ClF3N2O2/c1-2-6-21-18(23(31)30(29-21)16-7-4-3-5-8-16)14-17-10-12-22(32-17)15-9-11-20(25)19(13-15)24(26,27)28/h3-5,7-14H,2,6H2,1H3. The molecule has 0 radical (unpaired) electrons. The first kappa shape index (κ1) is 21.9. The number of hydrogen-bond donors (Lipinski definition) is 0. The molecule has 4 rings (SSSR count). The van der Waals surface area contributed by atoms with Crippen LogP contribution in [0.4, 0.5) is 18.9 Å². The fourth-order valence-corrected chi connectivity index (χ4v) is 3.62. The van der Waals surface area contributed by atoms with Gasteiger partial charge >= 0.3 is 6.18 Å². The first-order valence-corrected chi connectivity index (χ1v) is 10.3. The minimum Gasteiger partial charge on any atom is -0.457 e. The predicted molar refractivity (Wildman–Crippen MR) is 118 cm³/mol. The fourth-order valence-electron chi connectivity index (χ4n) is 3.39. The Morgan fingerprint density at radius 3 is 2.53 bits per heavy atom. The van der Waals surface area contributed by atoms with E-state index in [-0.39, 0.29) is 22.3 Å². The van der Waals surface area contributed by atoms with Crippen LogP contribution < -0.4 is 5.01 Å². The summed E-state index contributed by atoms with van der Waals surface area (Å²) in [5.74, 6) is 0.285. The number of nitrogens with zero attached hydrogens (tertiary/aromatic N) is 2. The molecule has 0 aliphatic carbocycles. The zero-order chi connectivity index (χ0) is 22.9. The minimum atomic E-state index is -4.58. The molecule has 0 atom stereocenters. The molecule has 1 aliphatic rings. The molecule has 0 unspecified atom stereocenters. The molecule has 0 fully saturated rings. The SMILES string of the molecule is CCCC1=NN(c2ccccc2)C(=O)C1=Cc1ccc(-c2ccc(Cl)c(C(F)(F)F)c2)o1. The normalized spacial score (nSPS) is 15.5. The van der Waals surface area contributed by atoms with Crippen LogP contribution in [0, 0.1) is 0 Å². The number of anilines is 1. The Hall–Kier alpha value is -3.32. The molecule has 0 N–H and O–H groups in total. The molecule has 8 heteroatoms. The summed E-state index contributed by atoms with van der Waals surface area (Å²) in [7, 11) is 0. The molecule has 0 spiro atoms. The Bertz CT molecular complexity index is 1210. The van der Waals surface area contributed by atoms with E-state index in [1.807, 2.05) is 25.1 Å². The first-order chi connectivity index (χ1) is 15.3. The van der Waals surface area contributed by atoms with Crippen LogP contribution in [-0.2, 0) is 11.0 Å². The van der Waals surface area contributed by atoms with Crippen molar-refractivity contribution in [2.45, 2.75) is 25.9 Å². The second kappa shape index (κ2) is 8.67. The highest BCUT2D eigenvalue weighted by Crippen LogP contribution is 2.37. The zero-order valence-corrected chi connectivity index (χ0v) is 17.7. The number of benzene rings is 2. The van der Waals surface area contributed by atoms with Crippen LogP contribution in [0.15, 0.2) is 75.8 Å². The van der Waals surface area contributed by atoms with E-state index in [0.717, 1.165) is 12.5 Å². The summed E-state index contributed by atoms with van der Waals surface area (Å²) in [6.45, 7) is 1.99. The van der Waals surface area contributed by atoms with E-state index in [9.17, 15) is 18.0 Å².